The first-order valence-electron chi connectivity index (χ1n) is 9.96. The number of rotatable bonds is 12. The number of hydrogen-bond donors (Lipinski definition) is 5. The Morgan fingerprint density at radius 1 is 0.679 bits per heavy atom. The molecule has 1 fully saturated rings. The zero-order valence-corrected chi connectivity index (χ0v) is 21.4. The van der Waals surface area contributed by atoms with E-state index in [-0.39, 0.29) is 0 Å². The lowest BCUT2D eigenvalue weighted by Gasteiger charge is -2.36. The number of nitrogens with two attached hydrogens (primary N) is 1. The van der Waals surface area contributed by atoms with Crippen molar-refractivity contribution in [1.82, 2.24) is 14.6 Å². The molecule has 1 aliphatic heterocycles. The molecule has 0 aromatic carbocycles. The maximum atomic E-state index is 8.64. The SMILES string of the molecule is CC(C)CO[P+]1(OCC(C)C)NP(=N)(N)N[P+](OCC(C)C)(OCC(C)C)N1. The Balaban J connectivity index is 3.22. The molecular weight excluding hydrogens is 419 g/mol. The largest absolute Gasteiger partial charge is 0.477 e. The van der Waals surface area contributed by atoms with Gasteiger partial charge in [0.25, 0.3) is 0 Å². The van der Waals surface area contributed by atoms with Crippen LogP contribution in [0.2, 0.25) is 0 Å². The smallest absolute Gasteiger partial charge is 0.273 e. The van der Waals surface area contributed by atoms with Crippen molar-refractivity contribution in [3.8, 4) is 0 Å². The van der Waals surface area contributed by atoms with Crippen molar-refractivity contribution < 1.29 is 18.1 Å². The van der Waals surface area contributed by atoms with E-state index < -0.39 is 23.5 Å². The summed E-state index contributed by atoms with van der Waals surface area (Å²) in [5.74, 6) is 1.20. The lowest BCUT2D eigenvalue weighted by atomic mass is 10.2. The van der Waals surface area contributed by atoms with Crippen LogP contribution in [-0.4, -0.2) is 26.4 Å². The van der Waals surface area contributed by atoms with Crippen molar-refractivity contribution in [2.24, 2.45) is 29.2 Å². The van der Waals surface area contributed by atoms with Crippen LogP contribution in [0.1, 0.15) is 55.4 Å². The van der Waals surface area contributed by atoms with Crippen LogP contribution < -0.4 is 20.1 Å². The minimum absolute atomic E-state index is 0.301. The summed E-state index contributed by atoms with van der Waals surface area (Å²) < 4.78 is 24.8. The molecule has 0 spiro atoms. The Hall–Kier alpha value is 0.770. The summed E-state index contributed by atoms with van der Waals surface area (Å²) in [6.45, 7) is 18.4. The van der Waals surface area contributed by atoms with E-state index in [0.29, 0.717) is 50.1 Å². The van der Waals surface area contributed by atoms with Gasteiger partial charge in [-0.1, -0.05) is 65.1 Å². The summed E-state index contributed by atoms with van der Waals surface area (Å²) >= 11 is 0. The van der Waals surface area contributed by atoms with Crippen LogP contribution in [0.4, 0.5) is 0 Å². The second-order valence-electron chi connectivity index (χ2n) is 8.88. The molecule has 1 heterocycles. The van der Waals surface area contributed by atoms with Gasteiger partial charge >= 0.3 is 16.0 Å². The predicted octanol–water partition coefficient (Wildman–Crippen LogP) is 5.30. The van der Waals surface area contributed by atoms with Gasteiger partial charge in [-0.25, -0.2) is 0 Å². The van der Waals surface area contributed by atoms with Crippen LogP contribution >= 0.6 is 23.5 Å². The minimum atomic E-state index is -3.03. The van der Waals surface area contributed by atoms with Crippen molar-refractivity contribution in [3.05, 3.63) is 0 Å². The fourth-order valence-electron chi connectivity index (χ4n) is 1.98. The summed E-state index contributed by atoms with van der Waals surface area (Å²) in [6.07, 6.45) is 0. The van der Waals surface area contributed by atoms with E-state index >= 15 is 0 Å². The number of nitrogens with one attached hydrogen (secondary N) is 4. The Morgan fingerprint density at radius 3 is 1.14 bits per heavy atom. The highest BCUT2D eigenvalue weighted by molar-refractivity contribution is 7.91. The summed E-state index contributed by atoms with van der Waals surface area (Å²) in [6, 6.07) is 0. The van der Waals surface area contributed by atoms with E-state index in [2.05, 4.69) is 70.0 Å². The zero-order valence-electron chi connectivity index (χ0n) is 18.7. The van der Waals surface area contributed by atoms with Gasteiger partial charge in [0, 0.05) is 0 Å². The molecule has 0 aromatic heterocycles. The fourth-order valence-corrected chi connectivity index (χ4v) is 12.5. The molecule has 0 bridgehead atoms. The van der Waals surface area contributed by atoms with Crippen LogP contribution in [-0.2, 0) is 18.1 Å². The Morgan fingerprint density at radius 2 is 0.929 bits per heavy atom. The Kier molecular flexibility index (Phi) is 10.9. The van der Waals surface area contributed by atoms with Gasteiger partial charge in [0.05, 0.1) is 4.86 Å². The average molecular weight is 461 g/mol. The van der Waals surface area contributed by atoms with Crippen LogP contribution in [0.25, 0.3) is 0 Å². The number of hydrogen-bond acceptors (Lipinski definition) is 6. The minimum Gasteiger partial charge on any atom is -0.273 e. The molecule has 0 aliphatic carbocycles. The van der Waals surface area contributed by atoms with E-state index in [1.807, 2.05) is 0 Å². The normalized spacial score (nSPS) is 21.2. The lowest BCUT2D eigenvalue weighted by molar-refractivity contribution is 0.167. The maximum Gasteiger partial charge on any atom is 0.477 e. The third-order valence-electron chi connectivity index (χ3n) is 3.20. The second-order valence-corrected chi connectivity index (χ2v) is 16.0. The lowest BCUT2D eigenvalue weighted by Crippen LogP contribution is -2.46. The molecule has 9 nitrogen and oxygen atoms in total. The van der Waals surface area contributed by atoms with Gasteiger partial charge in [-0.05, 0) is 23.7 Å². The third-order valence-corrected chi connectivity index (χ3v) is 12.0. The van der Waals surface area contributed by atoms with E-state index in [0.717, 1.165) is 0 Å². The highest BCUT2D eigenvalue weighted by Crippen LogP contribution is 2.76. The molecule has 0 unspecified atom stereocenters. The van der Waals surface area contributed by atoms with Gasteiger partial charge < -0.3 is 0 Å². The van der Waals surface area contributed by atoms with Gasteiger partial charge in [0.15, 0.2) is 0 Å². The summed E-state index contributed by atoms with van der Waals surface area (Å²) in [4.78, 5) is 9.63. The fraction of sp³-hybridized carbons (Fsp3) is 1.00. The third kappa shape index (κ3) is 9.72. The molecule has 1 aliphatic rings. The summed E-state index contributed by atoms with van der Waals surface area (Å²) in [5, 5.41) is 8.64. The van der Waals surface area contributed by atoms with Gasteiger partial charge in [-0.3, -0.25) is 10.7 Å². The highest BCUT2D eigenvalue weighted by atomic mass is 31.3. The first kappa shape index (κ1) is 26.8. The van der Waals surface area contributed by atoms with Crippen LogP contribution in [0.5, 0.6) is 0 Å². The molecule has 0 aromatic rings. The van der Waals surface area contributed by atoms with Crippen LogP contribution in [0, 0.1) is 28.8 Å². The summed E-state index contributed by atoms with van der Waals surface area (Å²) in [7, 11) is -8.81. The topological polar surface area (TPSA) is 123 Å². The quantitative estimate of drug-likeness (QED) is 0.248. The first-order valence-corrected chi connectivity index (χ1v) is 15.1. The molecular formula is C16H42N5O4P3+2. The molecule has 168 valence electrons. The monoisotopic (exact) mass is 461 g/mol. The Labute approximate surface area is 172 Å². The molecule has 0 amide bonds. The molecule has 1 saturated heterocycles. The van der Waals surface area contributed by atoms with E-state index in [1.54, 1.807) is 0 Å². The molecule has 12 heteroatoms. The molecule has 0 saturated carbocycles. The zero-order chi connectivity index (χ0) is 21.6. The molecule has 28 heavy (non-hydrogen) atoms. The average Bonchev–Trinajstić information content (AvgIpc) is 2.54. The van der Waals surface area contributed by atoms with Crippen molar-refractivity contribution in [3.63, 3.8) is 0 Å². The van der Waals surface area contributed by atoms with Crippen molar-refractivity contribution in [2.45, 2.75) is 55.4 Å². The summed E-state index contributed by atoms with van der Waals surface area (Å²) in [5.41, 5.74) is 6.31. The van der Waals surface area contributed by atoms with Crippen molar-refractivity contribution in [2.75, 3.05) is 26.4 Å². The molecule has 0 atom stereocenters. The Bertz CT molecular complexity index is 459. The van der Waals surface area contributed by atoms with Crippen LogP contribution in [0.3, 0.4) is 0 Å². The van der Waals surface area contributed by atoms with Gasteiger partial charge in [0.2, 0.25) is 7.51 Å². The van der Waals surface area contributed by atoms with Gasteiger partial charge in [0.1, 0.15) is 26.4 Å². The second kappa shape index (κ2) is 11.4. The van der Waals surface area contributed by atoms with Gasteiger partial charge in [-0.15, -0.1) is 0 Å². The van der Waals surface area contributed by atoms with Crippen molar-refractivity contribution >= 4 is 23.5 Å². The molecule has 6 N–H and O–H groups in total. The van der Waals surface area contributed by atoms with Crippen LogP contribution in [0.15, 0.2) is 0 Å². The van der Waals surface area contributed by atoms with E-state index in [1.165, 1.54) is 0 Å². The van der Waals surface area contributed by atoms with Crippen molar-refractivity contribution in [1.29, 1.82) is 5.16 Å². The highest BCUT2D eigenvalue weighted by Gasteiger charge is 2.69. The van der Waals surface area contributed by atoms with Gasteiger partial charge in [-0.2, -0.15) is 18.1 Å². The standard InChI is InChI=1S/C16H42N5O4P3/c1-13(2)9-22-27(23-10-14(3)4)19-26(17,18)20-28(21-27,24-11-15(5)6)25-12-16(7)8/h13-16,21H,9-12H2,1-8H3,(H5,17,18,19,20)/q+2. The molecule has 0 radical (unpaired) electrons. The molecule has 1 rings (SSSR count). The van der Waals surface area contributed by atoms with E-state index in [9.17, 15) is 0 Å². The maximum absolute atomic E-state index is 8.64. The van der Waals surface area contributed by atoms with E-state index in [4.69, 9.17) is 28.8 Å². The predicted molar refractivity (Wildman–Crippen MR) is 120 cm³/mol. The first-order chi connectivity index (χ1) is 12.8.